The summed E-state index contributed by atoms with van der Waals surface area (Å²) in [5.74, 6) is -2.47. The molecule has 1 amide bonds. The highest BCUT2D eigenvalue weighted by molar-refractivity contribution is 5.91. The quantitative estimate of drug-likeness (QED) is 0.867. The number of carbonyl (C=O) groups excluding carboxylic acids is 1. The van der Waals surface area contributed by atoms with Gasteiger partial charge >= 0.3 is 0 Å². The van der Waals surface area contributed by atoms with Gasteiger partial charge in [-0.1, -0.05) is 0 Å². The lowest BCUT2D eigenvalue weighted by atomic mass is 9.95. The number of carbonyl (C=O) groups is 1. The molecule has 3 N–H and O–H groups in total. The smallest absolute Gasteiger partial charge is 0.239 e. The Labute approximate surface area is 101 Å². The van der Waals surface area contributed by atoms with E-state index in [1.807, 2.05) is 0 Å². The SMILES string of the molecule is NC(=O)C(CC(F)F)c1c[nH]c2ccc(F)cc12. The first-order valence-corrected chi connectivity index (χ1v) is 5.33. The molecule has 0 fully saturated rings. The van der Waals surface area contributed by atoms with Gasteiger partial charge in [0.25, 0.3) is 0 Å². The maximum Gasteiger partial charge on any atom is 0.239 e. The summed E-state index contributed by atoms with van der Waals surface area (Å²) >= 11 is 0. The molecule has 96 valence electrons. The first-order valence-electron chi connectivity index (χ1n) is 5.33. The van der Waals surface area contributed by atoms with Crippen molar-refractivity contribution in [1.29, 1.82) is 0 Å². The Balaban J connectivity index is 2.50. The fourth-order valence-electron chi connectivity index (χ4n) is 1.98. The van der Waals surface area contributed by atoms with Crippen LogP contribution in [0.2, 0.25) is 0 Å². The first-order chi connectivity index (χ1) is 8.49. The number of aromatic amines is 1. The first kappa shape index (κ1) is 12.5. The van der Waals surface area contributed by atoms with Crippen molar-refractivity contribution >= 4 is 16.8 Å². The minimum Gasteiger partial charge on any atom is -0.369 e. The van der Waals surface area contributed by atoms with E-state index in [1.165, 1.54) is 24.4 Å². The summed E-state index contributed by atoms with van der Waals surface area (Å²) in [4.78, 5) is 14.0. The molecular formula is C12H11F3N2O. The molecule has 1 unspecified atom stereocenters. The molecule has 1 aromatic heterocycles. The monoisotopic (exact) mass is 256 g/mol. The number of aromatic nitrogens is 1. The van der Waals surface area contributed by atoms with Gasteiger partial charge in [0.1, 0.15) is 5.82 Å². The number of alkyl halides is 2. The molecule has 1 aromatic carbocycles. The van der Waals surface area contributed by atoms with E-state index in [4.69, 9.17) is 5.73 Å². The van der Waals surface area contributed by atoms with Crippen LogP contribution < -0.4 is 5.73 Å². The number of rotatable bonds is 4. The van der Waals surface area contributed by atoms with Gasteiger partial charge in [-0.3, -0.25) is 4.79 Å². The third kappa shape index (κ3) is 2.32. The molecule has 0 radical (unpaired) electrons. The summed E-state index contributed by atoms with van der Waals surface area (Å²) in [5, 5.41) is 0.402. The maximum atomic E-state index is 13.1. The highest BCUT2D eigenvalue weighted by Crippen LogP contribution is 2.30. The fraction of sp³-hybridized carbons (Fsp3) is 0.250. The number of halogens is 3. The van der Waals surface area contributed by atoms with Gasteiger partial charge in [-0.25, -0.2) is 13.2 Å². The molecule has 2 aromatic rings. The highest BCUT2D eigenvalue weighted by Gasteiger charge is 2.25. The van der Waals surface area contributed by atoms with Crippen molar-refractivity contribution in [2.75, 3.05) is 0 Å². The van der Waals surface area contributed by atoms with Crippen LogP contribution in [0.1, 0.15) is 17.9 Å². The van der Waals surface area contributed by atoms with E-state index in [2.05, 4.69) is 4.98 Å². The summed E-state index contributed by atoms with van der Waals surface area (Å²) in [7, 11) is 0. The molecule has 1 atom stereocenters. The van der Waals surface area contributed by atoms with Crippen LogP contribution in [0.25, 0.3) is 10.9 Å². The van der Waals surface area contributed by atoms with Gasteiger partial charge in [-0.05, 0) is 23.8 Å². The number of amides is 1. The van der Waals surface area contributed by atoms with Gasteiger partial charge in [0, 0.05) is 23.5 Å². The molecule has 18 heavy (non-hydrogen) atoms. The Morgan fingerprint density at radius 3 is 2.72 bits per heavy atom. The fourth-order valence-corrected chi connectivity index (χ4v) is 1.98. The molecular weight excluding hydrogens is 245 g/mol. The van der Waals surface area contributed by atoms with Crippen LogP contribution in [0.5, 0.6) is 0 Å². The highest BCUT2D eigenvalue weighted by atomic mass is 19.3. The van der Waals surface area contributed by atoms with Crippen LogP contribution in [-0.4, -0.2) is 17.3 Å². The van der Waals surface area contributed by atoms with Crippen molar-refractivity contribution in [3.05, 3.63) is 35.8 Å². The Morgan fingerprint density at radius 2 is 2.11 bits per heavy atom. The van der Waals surface area contributed by atoms with Gasteiger partial charge in [-0.2, -0.15) is 0 Å². The topological polar surface area (TPSA) is 58.9 Å². The average Bonchev–Trinajstić information content (AvgIpc) is 2.68. The minimum absolute atomic E-state index is 0.303. The minimum atomic E-state index is -2.65. The molecule has 2 rings (SSSR count). The van der Waals surface area contributed by atoms with Gasteiger partial charge in [0.05, 0.1) is 5.92 Å². The summed E-state index contributed by atoms with van der Waals surface area (Å²) in [6, 6.07) is 3.92. The Kier molecular flexibility index (Phi) is 3.27. The lowest BCUT2D eigenvalue weighted by molar-refractivity contribution is -0.120. The summed E-state index contributed by atoms with van der Waals surface area (Å²) in [5.41, 5.74) is 6.00. The van der Waals surface area contributed by atoms with Crippen molar-refractivity contribution in [2.24, 2.45) is 5.73 Å². The van der Waals surface area contributed by atoms with Gasteiger partial charge in [0.2, 0.25) is 12.3 Å². The van der Waals surface area contributed by atoms with E-state index in [0.29, 0.717) is 16.5 Å². The molecule has 0 aliphatic carbocycles. The summed E-state index contributed by atoms with van der Waals surface area (Å²) < 4.78 is 38.0. The molecule has 0 saturated carbocycles. The van der Waals surface area contributed by atoms with Gasteiger partial charge in [-0.15, -0.1) is 0 Å². The lowest BCUT2D eigenvalue weighted by Crippen LogP contribution is -2.23. The van der Waals surface area contributed by atoms with Crippen LogP contribution >= 0.6 is 0 Å². The number of hydrogen-bond acceptors (Lipinski definition) is 1. The number of fused-ring (bicyclic) bond motifs is 1. The normalized spacial score (nSPS) is 13.1. The third-order valence-corrected chi connectivity index (χ3v) is 2.81. The summed E-state index contributed by atoms with van der Waals surface area (Å²) in [6.45, 7) is 0. The zero-order valence-electron chi connectivity index (χ0n) is 9.29. The Hall–Kier alpha value is -1.98. The van der Waals surface area contributed by atoms with Crippen LogP contribution in [0.15, 0.2) is 24.4 Å². The largest absolute Gasteiger partial charge is 0.369 e. The number of nitrogens with one attached hydrogen (secondary N) is 1. The molecule has 0 aliphatic rings. The van der Waals surface area contributed by atoms with Crippen molar-refractivity contribution in [2.45, 2.75) is 18.8 Å². The van der Waals surface area contributed by atoms with Crippen LogP contribution in [-0.2, 0) is 4.79 Å². The van der Waals surface area contributed by atoms with Crippen molar-refractivity contribution in [1.82, 2.24) is 4.98 Å². The van der Waals surface area contributed by atoms with E-state index < -0.39 is 30.5 Å². The second-order valence-electron chi connectivity index (χ2n) is 4.02. The molecule has 6 heteroatoms. The Bertz CT molecular complexity index is 580. The lowest BCUT2D eigenvalue weighted by Gasteiger charge is -2.11. The average molecular weight is 256 g/mol. The van der Waals surface area contributed by atoms with Gasteiger partial charge in [0.15, 0.2) is 0 Å². The molecule has 3 nitrogen and oxygen atoms in total. The van der Waals surface area contributed by atoms with Crippen molar-refractivity contribution < 1.29 is 18.0 Å². The van der Waals surface area contributed by atoms with E-state index in [0.717, 1.165) is 0 Å². The molecule has 0 bridgehead atoms. The van der Waals surface area contributed by atoms with E-state index in [-0.39, 0.29) is 0 Å². The van der Waals surface area contributed by atoms with E-state index in [1.54, 1.807) is 0 Å². The number of hydrogen-bond donors (Lipinski definition) is 2. The number of nitrogens with two attached hydrogens (primary N) is 1. The zero-order chi connectivity index (χ0) is 13.3. The van der Waals surface area contributed by atoms with Crippen molar-refractivity contribution in [3.8, 4) is 0 Å². The maximum absolute atomic E-state index is 13.1. The zero-order valence-corrected chi connectivity index (χ0v) is 9.29. The number of primary amides is 1. The molecule has 0 aliphatic heterocycles. The van der Waals surface area contributed by atoms with E-state index in [9.17, 15) is 18.0 Å². The third-order valence-electron chi connectivity index (χ3n) is 2.81. The van der Waals surface area contributed by atoms with E-state index >= 15 is 0 Å². The standard InChI is InChI=1S/C12H11F3N2O/c13-6-1-2-10-7(3-6)9(5-17-10)8(12(16)18)4-11(14)15/h1-3,5,8,11,17H,4H2,(H2,16,18). The summed E-state index contributed by atoms with van der Waals surface area (Å²) in [6.07, 6.45) is -1.90. The Morgan fingerprint density at radius 1 is 1.39 bits per heavy atom. The van der Waals surface area contributed by atoms with Crippen LogP contribution in [0, 0.1) is 5.82 Å². The molecule has 0 spiro atoms. The predicted octanol–water partition coefficient (Wildman–Crippen LogP) is 2.53. The number of benzene rings is 1. The molecule has 1 heterocycles. The van der Waals surface area contributed by atoms with Crippen LogP contribution in [0.3, 0.4) is 0 Å². The second kappa shape index (κ2) is 4.72. The van der Waals surface area contributed by atoms with Gasteiger partial charge < -0.3 is 10.7 Å². The second-order valence-corrected chi connectivity index (χ2v) is 4.02. The molecule has 0 saturated heterocycles. The number of H-pyrrole nitrogens is 1. The predicted molar refractivity (Wildman–Crippen MR) is 60.8 cm³/mol. The van der Waals surface area contributed by atoms with Crippen LogP contribution in [0.4, 0.5) is 13.2 Å². The van der Waals surface area contributed by atoms with Crippen molar-refractivity contribution in [3.63, 3.8) is 0 Å².